The number of nitrogens with one attached hydrogen (secondary N) is 1. The van der Waals surface area contributed by atoms with Gasteiger partial charge in [0.2, 0.25) is 11.8 Å². The number of carbonyl (C=O) groups is 1. The average Bonchev–Trinajstić information content (AvgIpc) is 3.09. The highest BCUT2D eigenvalue weighted by Gasteiger charge is 2.13. The molecule has 0 radical (unpaired) electrons. The zero-order valence-electron chi connectivity index (χ0n) is 12.8. The lowest BCUT2D eigenvalue weighted by Crippen LogP contribution is -2.14. The van der Waals surface area contributed by atoms with Crippen molar-refractivity contribution in [2.75, 3.05) is 11.1 Å². The molecule has 1 heterocycles. The lowest BCUT2D eigenvalue weighted by molar-refractivity contribution is -0.113. The minimum atomic E-state index is -0.238. The fraction of sp³-hybridized carbons (Fsp3) is 0.0588. The van der Waals surface area contributed by atoms with E-state index in [1.807, 2.05) is 18.2 Å². The molecule has 0 aliphatic rings. The van der Waals surface area contributed by atoms with Gasteiger partial charge in [-0.05, 0) is 30.3 Å². The summed E-state index contributed by atoms with van der Waals surface area (Å²) in [5.41, 5.74) is 1.68. The Bertz CT molecular complexity index is 952. The standard InChI is InChI=1S/C17H11ClN4O2S/c18-14-7-2-1-6-13(14)16-21-22-17(24-16)25-10-15(23)20-12-5-3-4-11(8-12)9-19/h1-8H,10H2,(H,20,23). The Labute approximate surface area is 152 Å². The van der Waals surface area contributed by atoms with E-state index >= 15 is 0 Å². The first-order valence-electron chi connectivity index (χ1n) is 7.17. The summed E-state index contributed by atoms with van der Waals surface area (Å²) in [6, 6.07) is 15.8. The number of aromatic nitrogens is 2. The number of benzene rings is 2. The van der Waals surface area contributed by atoms with Gasteiger partial charge in [0.25, 0.3) is 5.22 Å². The molecule has 0 spiro atoms. The maximum absolute atomic E-state index is 12.0. The molecule has 1 amide bonds. The maximum atomic E-state index is 12.0. The van der Waals surface area contributed by atoms with Crippen LogP contribution in [0.2, 0.25) is 5.02 Å². The minimum Gasteiger partial charge on any atom is -0.411 e. The van der Waals surface area contributed by atoms with Crippen LogP contribution in [0.15, 0.2) is 58.2 Å². The molecule has 0 fully saturated rings. The van der Waals surface area contributed by atoms with Crippen LogP contribution in [0.1, 0.15) is 5.56 Å². The summed E-state index contributed by atoms with van der Waals surface area (Å²) < 4.78 is 5.52. The van der Waals surface area contributed by atoms with Crippen molar-refractivity contribution in [3.8, 4) is 17.5 Å². The molecule has 3 rings (SSSR count). The van der Waals surface area contributed by atoms with Crippen molar-refractivity contribution in [2.24, 2.45) is 0 Å². The van der Waals surface area contributed by atoms with Crippen molar-refractivity contribution in [2.45, 2.75) is 5.22 Å². The van der Waals surface area contributed by atoms with Gasteiger partial charge in [0.15, 0.2) is 0 Å². The number of carbonyl (C=O) groups excluding carboxylic acids is 1. The Morgan fingerprint density at radius 1 is 1.24 bits per heavy atom. The maximum Gasteiger partial charge on any atom is 0.277 e. The van der Waals surface area contributed by atoms with Crippen LogP contribution in [0.4, 0.5) is 5.69 Å². The van der Waals surface area contributed by atoms with Crippen LogP contribution in [-0.4, -0.2) is 21.9 Å². The van der Waals surface area contributed by atoms with Crippen LogP contribution in [0.25, 0.3) is 11.5 Å². The van der Waals surface area contributed by atoms with E-state index in [9.17, 15) is 4.79 Å². The number of rotatable bonds is 5. The highest BCUT2D eigenvalue weighted by molar-refractivity contribution is 7.99. The molecule has 1 aromatic heterocycles. The molecule has 0 unspecified atom stereocenters. The fourth-order valence-corrected chi connectivity index (χ4v) is 2.78. The Hall–Kier alpha value is -2.82. The lowest BCUT2D eigenvalue weighted by Gasteiger charge is -2.03. The first-order chi connectivity index (χ1) is 12.2. The third-order valence-corrected chi connectivity index (χ3v) is 4.26. The number of amides is 1. The fourth-order valence-electron chi connectivity index (χ4n) is 2.00. The van der Waals surface area contributed by atoms with E-state index in [2.05, 4.69) is 15.5 Å². The number of halogens is 1. The molecule has 2 aromatic carbocycles. The van der Waals surface area contributed by atoms with Gasteiger partial charge in [0.1, 0.15) is 0 Å². The second-order valence-electron chi connectivity index (χ2n) is 4.88. The molecule has 0 aliphatic carbocycles. The third-order valence-electron chi connectivity index (χ3n) is 3.11. The zero-order valence-corrected chi connectivity index (χ0v) is 14.3. The van der Waals surface area contributed by atoms with Gasteiger partial charge in [-0.3, -0.25) is 4.79 Å². The molecule has 3 aromatic rings. The highest BCUT2D eigenvalue weighted by atomic mass is 35.5. The Morgan fingerprint density at radius 3 is 2.88 bits per heavy atom. The monoisotopic (exact) mass is 370 g/mol. The van der Waals surface area contributed by atoms with E-state index in [-0.39, 0.29) is 16.9 Å². The van der Waals surface area contributed by atoms with E-state index in [0.29, 0.717) is 27.7 Å². The largest absolute Gasteiger partial charge is 0.411 e. The van der Waals surface area contributed by atoms with E-state index in [1.165, 1.54) is 0 Å². The predicted octanol–water partition coefficient (Wildman–Crippen LogP) is 3.99. The van der Waals surface area contributed by atoms with Crippen molar-refractivity contribution in [3.63, 3.8) is 0 Å². The van der Waals surface area contributed by atoms with E-state index < -0.39 is 0 Å². The van der Waals surface area contributed by atoms with E-state index in [4.69, 9.17) is 21.3 Å². The number of thioether (sulfide) groups is 1. The minimum absolute atomic E-state index is 0.0982. The van der Waals surface area contributed by atoms with Gasteiger partial charge in [-0.15, -0.1) is 10.2 Å². The smallest absolute Gasteiger partial charge is 0.277 e. The summed E-state index contributed by atoms with van der Waals surface area (Å²) in [6.07, 6.45) is 0. The number of hydrogen-bond donors (Lipinski definition) is 1. The Morgan fingerprint density at radius 2 is 2.08 bits per heavy atom. The molecule has 6 nitrogen and oxygen atoms in total. The van der Waals surface area contributed by atoms with Gasteiger partial charge < -0.3 is 9.73 Å². The van der Waals surface area contributed by atoms with Gasteiger partial charge in [-0.2, -0.15) is 5.26 Å². The van der Waals surface area contributed by atoms with Crippen molar-refractivity contribution < 1.29 is 9.21 Å². The van der Waals surface area contributed by atoms with E-state index in [0.717, 1.165) is 11.8 Å². The first kappa shape index (κ1) is 17.0. The summed E-state index contributed by atoms with van der Waals surface area (Å²) >= 11 is 7.21. The molecule has 1 N–H and O–H groups in total. The SMILES string of the molecule is N#Cc1cccc(NC(=O)CSc2nnc(-c3ccccc3Cl)o2)c1. The average molecular weight is 371 g/mol. The van der Waals surface area contributed by atoms with Crippen LogP contribution < -0.4 is 5.32 Å². The second kappa shape index (κ2) is 7.83. The Balaban J connectivity index is 1.60. The molecule has 124 valence electrons. The molecule has 0 saturated heterocycles. The molecular weight excluding hydrogens is 360 g/mol. The van der Waals surface area contributed by atoms with Crippen molar-refractivity contribution >= 4 is 35.0 Å². The van der Waals surface area contributed by atoms with Gasteiger partial charge in [-0.25, -0.2) is 0 Å². The normalized spacial score (nSPS) is 10.2. The Kier molecular flexibility index (Phi) is 5.33. The van der Waals surface area contributed by atoms with Gasteiger partial charge >= 0.3 is 0 Å². The molecule has 8 heteroatoms. The zero-order chi connectivity index (χ0) is 17.6. The molecule has 0 bridgehead atoms. The summed E-state index contributed by atoms with van der Waals surface area (Å²) in [6.45, 7) is 0. The predicted molar refractivity (Wildman–Crippen MR) is 95.3 cm³/mol. The first-order valence-corrected chi connectivity index (χ1v) is 8.53. The lowest BCUT2D eigenvalue weighted by atomic mass is 10.2. The van der Waals surface area contributed by atoms with Crippen LogP contribution in [0.3, 0.4) is 0 Å². The van der Waals surface area contributed by atoms with Gasteiger partial charge in [0.05, 0.1) is 28.0 Å². The molecule has 0 aliphatic heterocycles. The van der Waals surface area contributed by atoms with Crippen LogP contribution >= 0.6 is 23.4 Å². The van der Waals surface area contributed by atoms with Gasteiger partial charge in [0, 0.05) is 5.69 Å². The molecular formula is C17H11ClN4O2S. The number of nitriles is 1. The summed E-state index contributed by atoms with van der Waals surface area (Å²) in [4.78, 5) is 12.0. The van der Waals surface area contributed by atoms with Crippen molar-refractivity contribution in [3.05, 3.63) is 59.1 Å². The summed E-state index contributed by atoms with van der Waals surface area (Å²) in [7, 11) is 0. The van der Waals surface area contributed by atoms with Crippen LogP contribution in [0, 0.1) is 11.3 Å². The second-order valence-corrected chi connectivity index (χ2v) is 6.22. The summed E-state index contributed by atoms with van der Waals surface area (Å²) in [5, 5.41) is 20.2. The number of hydrogen-bond acceptors (Lipinski definition) is 6. The van der Waals surface area contributed by atoms with E-state index in [1.54, 1.807) is 36.4 Å². The molecule has 0 saturated carbocycles. The summed E-state index contributed by atoms with van der Waals surface area (Å²) in [5.74, 6) is 0.161. The van der Waals surface area contributed by atoms with Gasteiger partial charge in [-0.1, -0.05) is 41.6 Å². The molecule has 0 atom stereocenters. The topological polar surface area (TPSA) is 91.8 Å². The third kappa shape index (κ3) is 4.38. The quantitative estimate of drug-likeness (QED) is 0.682. The highest BCUT2D eigenvalue weighted by Crippen LogP contribution is 2.28. The van der Waals surface area contributed by atoms with Crippen LogP contribution in [-0.2, 0) is 4.79 Å². The van der Waals surface area contributed by atoms with Crippen LogP contribution in [0.5, 0.6) is 0 Å². The number of anilines is 1. The molecule has 25 heavy (non-hydrogen) atoms. The van der Waals surface area contributed by atoms with Crippen molar-refractivity contribution in [1.82, 2.24) is 10.2 Å². The number of nitrogens with zero attached hydrogens (tertiary/aromatic N) is 3. The van der Waals surface area contributed by atoms with Crippen molar-refractivity contribution in [1.29, 1.82) is 5.26 Å².